The second-order valence-electron chi connectivity index (χ2n) is 4.67. The third-order valence-electron chi connectivity index (χ3n) is 3.36. The highest BCUT2D eigenvalue weighted by molar-refractivity contribution is 7.99. The Balaban J connectivity index is 2.22. The van der Waals surface area contributed by atoms with E-state index < -0.39 is 0 Å². The zero-order valence-corrected chi connectivity index (χ0v) is 12.7. The van der Waals surface area contributed by atoms with Crippen molar-refractivity contribution in [2.24, 2.45) is 0 Å². The van der Waals surface area contributed by atoms with Crippen molar-refractivity contribution in [1.29, 1.82) is 0 Å². The summed E-state index contributed by atoms with van der Waals surface area (Å²) in [5.74, 6) is 0. The molecule has 0 aliphatic heterocycles. The van der Waals surface area contributed by atoms with Gasteiger partial charge in [0.2, 0.25) is 0 Å². The van der Waals surface area contributed by atoms with Crippen LogP contribution in [-0.4, -0.2) is 18.6 Å². The van der Waals surface area contributed by atoms with E-state index in [1.165, 1.54) is 26.6 Å². The van der Waals surface area contributed by atoms with Gasteiger partial charge in [0.1, 0.15) is 0 Å². The van der Waals surface area contributed by atoms with Crippen LogP contribution < -0.4 is 5.32 Å². The number of hydrogen-bond acceptors (Lipinski definition) is 2. The number of likely N-dealkylation sites (N-methyl/N-ethyl adjacent to an activating group) is 1. The molecule has 0 saturated heterocycles. The molecule has 3 heteroatoms. The van der Waals surface area contributed by atoms with Crippen LogP contribution in [0.25, 0.3) is 0 Å². The van der Waals surface area contributed by atoms with Gasteiger partial charge in [-0.1, -0.05) is 36.9 Å². The molecule has 0 unspecified atom stereocenters. The summed E-state index contributed by atoms with van der Waals surface area (Å²) in [6.45, 7) is 5.38. The van der Waals surface area contributed by atoms with E-state index in [1.807, 2.05) is 18.8 Å². The second-order valence-corrected chi connectivity index (χ2v) is 5.76. The molecule has 0 saturated carbocycles. The maximum atomic E-state index is 3.34. The van der Waals surface area contributed by atoms with Gasteiger partial charge in [-0.2, -0.15) is 0 Å². The molecule has 0 atom stereocenters. The summed E-state index contributed by atoms with van der Waals surface area (Å²) in [7, 11) is 2.00. The van der Waals surface area contributed by atoms with Crippen molar-refractivity contribution in [2.45, 2.75) is 36.5 Å². The quantitative estimate of drug-likeness (QED) is 0.838. The molecule has 1 heterocycles. The molecule has 0 spiro atoms. The minimum atomic E-state index is 1.02. The summed E-state index contributed by atoms with van der Waals surface area (Å²) in [5.41, 5.74) is 4.15. The largest absolute Gasteiger partial charge is 0.364 e. The van der Waals surface area contributed by atoms with Gasteiger partial charge >= 0.3 is 0 Å². The van der Waals surface area contributed by atoms with Gasteiger partial charge in [0, 0.05) is 21.7 Å². The number of aromatic amines is 1. The molecular weight excluding hydrogens is 252 g/mol. The van der Waals surface area contributed by atoms with Crippen LogP contribution >= 0.6 is 11.8 Å². The molecule has 0 aliphatic carbocycles. The van der Waals surface area contributed by atoms with Crippen LogP contribution in [0.15, 0.2) is 40.3 Å². The number of aromatic nitrogens is 1. The Labute approximate surface area is 120 Å². The summed E-state index contributed by atoms with van der Waals surface area (Å²) in [5, 5.41) is 3.22. The molecule has 2 aromatic rings. The maximum Gasteiger partial charge on any atom is 0.0331 e. The molecule has 0 radical (unpaired) electrons. The van der Waals surface area contributed by atoms with Crippen LogP contribution in [-0.2, 0) is 12.8 Å². The normalized spacial score (nSPS) is 10.9. The van der Waals surface area contributed by atoms with E-state index in [2.05, 4.69) is 54.6 Å². The number of benzene rings is 1. The molecule has 0 aliphatic rings. The smallest absolute Gasteiger partial charge is 0.0331 e. The zero-order chi connectivity index (χ0) is 13.7. The Morgan fingerprint density at radius 3 is 2.74 bits per heavy atom. The fourth-order valence-corrected chi connectivity index (χ4v) is 3.47. The lowest BCUT2D eigenvalue weighted by Gasteiger charge is -2.09. The lowest BCUT2D eigenvalue weighted by molar-refractivity contribution is 0.783. The van der Waals surface area contributed by atoms with Crippen molar-refractivity contribution >= 4 is 11.8 Å². The third-order valence-corrected chi connectivity index (χ3v) is 4.56. The first kappa shape index (κ1) is 14.2. The van der Waals surface area contributed by atoms with E-state index in [-0.39, 0.29) is 0 Å². The van der Waals surface area contributed by atoms with Gasteiger partial charge in [-0.05, 0) is 50.6 Å². The first-order chi connectivity index (χ1) is 9.26. The fourth-order valence-electron chi connectivity index (χ4n) is 2.25. The minimum absolute atomic E-state index is 1.02. The van der Waals surface area contributed by atoms with Gasteiger partial charge in [-0.15, -0.1) is 0 Å². The van der Waals surface area contributed by atoms with Crippen molar-refractivity contribution in [3.63, 3.8) is 0 Å². The molecule has 102 valence electrons. The highest BCUT2D eigenvalue weighted by Gasteiger charge is 2.10. The van der Waals surface area contributed by atoms with Crippen LogP contribution in [0.3, 0.4) is 0 Å². The first-order valence-electron chi connectivity index (χ1n) is 6.83. The minimum Gasteiger partial charge on any atom is -0.364 e. The Bertz CT molecular complexity index is 531. The number of H-pyrrole nitrogens is 1. The van der Waals surface area contributed by atoms with Crippen molar-refractivity contribution in [1.82, 2.24) is 10.3 Å². The van der Waals surface area contributed by atoms with E-state index in [4.69, 9.17) is 0 Å². The summed E-state index contributed by atoms with van der Waals surface area (Å²) in [4.78, 5) is 6.06. The van der Waals surface area contributed by atoms with Crippen molar-refractivity contribution < 1.29 is 0 Å². The molecule has 1 aromatic heterocycles. The number of hydrogen-bond donors (Lipinski definition) is 2. The van der Waals surface area contributed by atoms with E-state index in [1.54, 1.807) is 0 Å². The predicted molar refractivity (Wildman–Crippen MR) is 83.1 cm³/mol. The molecule has 2 N–H and O–H groups in total. The Morgan fingerprint density at radius 2 is 2.00 bits per heavy atom. The van der Waals surface area contributed by atoms with E-state index in [0.29, 0.717) is 0 Å². The number of nitrogens with one attached hydrogen (secondary N) is 2. The van der Waals surface area contributed by atoms with Crippen LogP contribution in [0.4, 0.5) is 0 Å². The van der Waals surface area contributed by atoms with Gasteiger partial charge in [0.05, 0.1) is 0 Å². The standard InChI is InChI=1S/C16H22N2S/c1-4-14-12(2)18-11-16(14)19-15-8-6-5-7-13(15)9-10-17-3/h5-8,11,17-18H,4,9-10H2,1-3H3. The molecule has 0 bridgehead atoms. The Morgan fingerprint density at radius 1 is 1.21 bits per heavy atom. The van der Waals surface area contributed by atoms with Gasteiger partial charge in [-0.3, -0.25) is 0 Å². The van der Waals surface area contributed by atoms with Crippen LogP contribution in [0, 0.1) is 6.92 Å². The van der Waals surface area contributed by atoms with E-state index in [0.717, 1.165) is 19.4 Å². The number of rotatable bonds is 6. The summed E-state index contributed by atoms with van der Waals surface area (Å²) < 4.78 is 0. The van der Waals surface area contributed by atoms with Crippen LogP contribution in [0.1, 0.15) is 23.7 Å². The highest BCUT2D eigenvalue weighted by atomic mass is 32.2. The van der Waals surface area contributed by atoms with Gasteiger partial charge in [0.15, 0.2) is 0 Å². The summed E-state index contributed by atoms with van der Waals surface area (Å²) in [6, 6.07) is 8.69. The lowest BCUT2D eigenvalue weighted by Crippen LogP contribution is -2.10. The van der Waals surface area contributed by atoms with Crippen LogP contribution in [0.2, 0.25) is 0 Å². The first-order valence-corrected chi connectivity index (χ1v) is 7.65. The van der Waals surface area contributed by atoms with E-state index >= 15 is 0 Å². The monoisotopic (exact) mass is 274 g/mol. The fraction of sp³-hybridized carbons (Fsp3) is 0.375. The molecule has 2 rings (SSSR count). The molecular formula is C16H22N2S. The third kappa shape index (κ3) is 3.43. The molecule has 0 amide bonds. The second kappa shape index (κ2) is 6.83. The average molecular weight is 274 g/mol. The van der Waals surface area contributed by atoms with Crippen molar-refractivity contribution in [3.8, 4) is 0 Å². The Kier molecular flexibility index (Phi) is 5.11. The SMILES string of the molecule is CCc1c(Sc2ccccc2CCNC)c[nH]c1C. The van der Waals surface area contributed by atoms with Gasteiger partial charge in [-0.25, -0.2) is 0 Å². The molecule has 2 nitrogen and oxygen atoms in total. The lowest BCUT2D eigenvalue weighted by atomic mass is 10.1. The predicted octanol–water partition coefficient (Wildman–Crippen LogP) is 3.80. The topological polar surface area (TPSA) is 27.8 Å². The summed E-state index contributed by atoms with van der Waals surface area (Å²) in [6.07, 6.45) is 4.29. The van der Waals surface area contributed by atoms with Crippen molar-refractivity contribution in [3.05, 3.63) is 47.3 Å². The van der Waals surface area contributed by atoms with Crippen molar-refractivity contribution in [2.75, 3.05) is 13.6 Å². The molecule has 19 heavy (non-hydrogen) atoms. The molecule has 0 fully saturated rings. The maximum absolute atomic E-state index is 3.34. The highest BCUT2D eigenvalue weighted by Crippen LogP contribution is 2.34. The summed E-state index contributed by atoms with van der Waals surface area (Å²) >= 11 is 1.88. The van der Waals surface area contributed by atoms with Gasteiger partial charge < -0.3 is 10.3 Å². The Hall–Kier alpha value is -1.19. The average Bonchev–Trinajstić information content (AvgIpc) is 2.78. The van der Waals surface area contributed by atoms with Gasteiger partial charge in [0.25, 0.3) is 0 Å². The number of aryl methyl sites for hydroxylation is 1. The van der Waals surface area contributed by atoms with Crippen LogP contribution in [0.5, 0.6) is 0 Å². The zero-order valence-electron chi connectivity index (χ0n) is 11.9. The molecule has 1 aromatic carbocycles. The van der Waals surface area contributed by atoms with E-state index in [9.17, 15) is 0 Å².